The van der Waals surface area contributed by atoms with E-state index in [0.717, 1.165) is 24.1 Å². The molecule has 0 bridgehead atoms. The first kappa shape index (κ1) is 21.9. The predicted octanol–water partition coefficient (Wildman–Crippen LogP) is 5.66. The van der Waals surface area contributed by atoms with Gasteiger partial charge in [-0.2, -0.15) is 0 Å². The molecule has 0 aliphatic rings. The van der Waals surface area contributed by atoms with Gasteiger partial charge in [0.1, 0.15) is 5.75 Å². The van der Waals surface area contributed by atoms with Crippen LogP contribution in [0.15, 0.2) is 30.3 Å². The number of phenolic OH excluding ortho intramolecular Hbond substituents is 1. The molecule has 3 heteroatoms. The van der Waals surface area contributed by atoms with Gasteiger partial charge in [-0.25, -0.2) is 0 Å². The minimum absolute atomic E-state index is 0.0808. The molecule has 0 radical (unpaired) electrons. The summed E-state index contributed by atoms with van der Waals surface area (Å²) in [4.78, 5) is 0. The molecule has 148 valence electrons. The maximum absolute atomic E-state index is 11.2. The van der Waals surface area contributed by atoms with E-state index in [0.29, 0.717) is 14.3 Å². The van der Waals surface area contributed by atoms with E-state index in [1.165, 1.54) is 22.0 Å². The number of aryl methyl sites for hydroxylation is 2. The Morgan fingerprint density at radius 1 is 1.04 bits per heavy atom. The molecule has 0 heterocycles. The van der Waals surface area contributed by atoms with Crippen LogP contribution in [-0.4, -0.2) is 12.2 Å². The van der Waals surface area contributed by atoms with Gasteiger partial charge in [-0.3, -0.25) is 0 Å². The summed E-state index contributed by atoms with van der Waals surface area (Å²) < 4.78 is 0. The lowest BCUT2D eigenvalue weighted by atomic mass is 9.82. The Balaban J connectivity index is 2.61. The molecule has 0 aromatic heterocycles. The molecule has 2 unspecified atom stereocenters. The molecule has 0 aliphatic heterocycles. The first-order chi connectivity index (χ1) is 12.5. The van der Waals surface area contributed by atoms with Crippen LogP contribution < -0.4 is 10.6 Å². The average Bonchev–Trinajstić information content (AvgIpc) is 2.58. The summed E-state index contributed by atoms with van der Waals surface area (Å²) in [6, 6.07) is 10.9. The van der Waals surface area contributed by atoms with Gasteiger partial charge in [0, 0.05) is 17.3 Å². The number of hydrogen-bond acceptors (Lipinski definition) is 2. The van der Waals surface area contributed by atoms with Gasteiger partial charge in [0.2, 0.25) is 0 Å². The van der Waals surface area contributed by atoms with Crippen molar-refractivity contribution in [2.75, 3.05) is 7.05 Å². The van der Waals surface area contributed by atoms with Crippen molar-refractivity contribution >= 4 is 13.9 Å². The van der Waals surface area contributed by atoms with Crippen LogP contribution in [-0.2, 0) is 17.1 Å². The van der Waals surface area contributed by atoms with Crippen molar-refractivity contribution < 1.29 is 5.11 Å². The molecule has 0 saturated carbocycles. The quantitative estimate of drug-likeness (QED) is 0.629. The van der Waals surface area contributed by atoms with E-state index >= 15 is 0 Å². The lowest BCUT2D eigenvalue weighted by Crippen LogP contribution is -2.24. The van der Waals surface area contributed by atoms with Gasteiger partial charge in [0.15, 0.2) is 0 Å². The van der Waals surface area contributed by atoms with Gasteiger partial charge in [-0.15, -0.1) is 0 Å². The third-order valence-corrected chi connectivity index (χ3v) is 7.63. The van der Waals surface area contributed by atoms with E-state index in [2.05, 4.69) is 84.1 Å². The zero-order chi connectivity index (χ0) is 20.4. The zero-order valence-electron chi connectivity index (χ0n) is 18.2. The van der Waals surface area contributed by atoms with E-state index in [-0.39, 0.29) is 10.6 Å². The summed E-state index contributed by atoms with van der Waals surface area (Å²) in [5, 5.41) is 15.9. The Kier molecular flexibility index (Phi) is 6.77. The topological polar surface area (TPSA) is 32.3 Å². The number of nitrogens with one attached hydrogen (secondary N) is 1. The predicted molar refractivity (Wildman–Crippen MR) is 121 cm³/mol. The fraction of sp³-hybridized carbons (Fsp3) is 0.500. The highest BCUT2D eigenvalue weighted by atomic mass is 31.1. The molecule has 0 spiro atoms. The zero-order valence-corrected chi connectivity index (χ0v) is 19.2. The van der Waals surface area contributed by atoms with Crippen LogP contribution in [0.1, 0.15) is 68.9 Å². The molecule has 0 saturated heterocycles. The van der Waals surface area contributed by atoms with Crippen molar-refractivity contribution in [2.45, 2.75) is 72.0 Å². The highest BCUT2D eigenvalue weighted by Crippen LogP contribution is 2.50. The molecule has 0 amide bonds. The van der Waals surface area contributed by atoms with E-state index in [9.17, 15) is 5.11 Å². The fourth-order valence-electron chi connectivity index (χ4n) is 3.64. The molecule has 0 fully saturated rings. The Morgan fingerprint density at radius 3 is 2.22 bits per heavy atom. The minimum atomic E-state index is -0.0926. The van der Waals surface area contributed by atoms with Crippen molar-refractivity contribution in [3.05, 3.63) is 58.1 Å². The molecule has 2 atom stereocenters. The first-order valence-electron chi connectivity index (χ1n) is 9.89. The van der Waals surface area contributed by atoms with Crippen molar-refractivity contribution in [3.8, 4) is 5.75 Å². The summed E-state index contributed by atoms with van der Waals surface area (Å²) in [5.74, 6) is 0.480. The van der Waals surface area contributed by atoms with E-state index < -0.39 is 0 Å². The van der Waals surface area contributed by atoms with Crippen LogP contribution in [0.5, 0.6) is 5.75 Å². The van der Waals surface area contributed by atoms with Gasteiger partial charge < -0.3 is 10.4 Å². The standard InChI is InChI=1S/C24H36NOP/c1-9-24(7,27-22-17(3)11-10-12-18(22)15-25-8)20-14-16(2)13-19(21(20)26)23(4,5)6/h10-14,25-27H,9,15H2,1-8H3. The second-order valence-electron chi connectivity index (χ2n) is 8.91. The largest absolute Gasteiger partial charge is 0.507 e. The van der Waals surface area contributed by atoms with Crippen LogP contribution in [0.2, 0.25) is 0 Å². The summed E-state index contributed by atoms with van der Waals surface area (Å²) in [5.41, 5.74) is 5.97. The molecule has 27 heavy (non-hydrogen) atoms. The normalized spacial score (nSPS) is 14.7. The molecule has 2 N–H and O–H groups in total. The second kappa shape index (κ2) is 8.33. The van der Waals surface area contributed by atoms with Gasteiger partial charge in [-0.1, -0.05) is 79.1 Å². The van der Waals surface area contributed by atoms with Gasteiger partial charge in [0.05, 0.1) is 0 Å². The Morgan fingerprint density at radius 2 is 1.67 bits per heavy atom. The van der Waals surface area contributed by atoms with Crippen LogP contribution in [0.4, 0.5) is 0 Å². The minimum Gasteiger partial charge on any atom is -0.507 e. The SMILES string of the molecule is CCC(C)(Pc1c(C)cccc1CNC)c1cc(C)cc(C(C)(C)C)c1O. The van der Waals surface area contributed by atoms with Crippen LogP contribution in [0.25, 0.3) is 0 Å². The smallest absolute Gasteiger partial charge is 0.123 e. The summed E-state index contributed by atoms with van der Waals surface area (Å²) in [6.45, 7) is 16.3. The molecule has 0 aliphatic carbocycles. The maximum atomic E-state index is 11.2. The summed E-state index contributed by atoms with van der Waals surface area (Å²) in [7, 11) is 2.60. The van der Waals surface area contributed by atoms with Crippen LogP contribution in [0.3, 0.4) is 0 Å². The molecule has 2 rings (SSSR count). The van der Waals surface area contributed by atoms with Crippen LogP contribution in [0, 0.1) is 13.8 Å². The summed E-state index contributed by atoms with van der Waals surface area (Å²) in [6.07, 6.45) is 0.985. The number of phenols is 1. The second-order valence-corrected chi connectivity index (χ2v) is 10.8. The van der Waals surface area contributed by atoms with Crippen molar-refractivity contribution in [1.29, 1.82) is 0 Å². The molecular formula is C24H36NOP. The van der Waals surface area contributed by atoms with E-state index in [1.807, 2.05) is 7.05 Å². The van der Waals surface area contributed by atoms with Gasteiger partial charge in [0.25, 0.3) is 0 Å². The molecular weight excluding hydrogens is 349 g/mol. The van der Waals surface area contributed by atoms with Crippen molar-refractivity contribution in [3.63, 3.8) is 0 Å². The molecule has 2 aromatic rings. The monoisotopic (exact) mass is 385 g/mol. The molecule has 2 nitrogen and oxygen atoms in total. The number of rotatable bonds is 6. The highest BCUT2D eigenvalue weighted by Gasteiger charge is 2.32. The van der Waals surface area contributed by atoms with Gasteiger partial charge in [-0.05, 0) is 54.7 Å². The van der Waals surface area contributed by atoms with Gasteiger partial charge >= 0.3 is 0 Å². The van der Waals surface area contributed by atoms with Crippen molar-refractivity contribution in [1.82, 2.24) is 5.32 Å². The fourth-order valence-corrected chi connectivity index (χ4v) is 5.30. The highest BCUT2D eigenvalue weighted by molar-refractivity contribution is 7.48. The first-order valence-corrected chi connectivity index (χ1v) is 10.9. The lowest BCUT2D eigenvalue weighted by molar-refractivity contribution is 0.430. The van der Waals surface area contributed by atoms with E-state index in [1.54, 1.807) is 0 Å². The van der Waals surface area contributed by atoms with E-state index in [4.69, 9.17) is 0 Å². The Bertz CT molecular complexity index is 807. The number of benzene rings is 2. The number of aromatic hydroxyl groups is 1. The van der Waals surface area contributed by atoms with Crippen molar-refractivity contribution in [2.24, 2.45) is 0 Å². The molecule has 2 aromatic carbocycles. The lowest BCUT2D eigenvalue weighted by Gasteiger charge is -2.34. The third kappa shape index (κ3) is 4.73. The Labute approximate surface area is 167 Å². The Hall–Kier alpha value is -1.37. The average molecular weight is 386 g/mol. The maximum Gasteiger partial charge on any atom is 0.123 e. The van der Waals surface area contributed by atoms with Crippen LogP contribution >= 0.6 is 8.58 Å². The number of hydrogen-bond donors (Lipinski definition) is 2. The third-order valence-electron chi connectivity index (χ3n) is 5.49. The summed E-state index contributed by atoms with van der Waals surface area (Å²) >= 11 is 0.